The van der Waals surface area contributed by atoms with Crippen molar-refractivity contribution >= 4 is 15.9 Å². The Hall–Kier alpha value is -0.620. The summed E-state index contributed by atoms with van der Waals surface area (Å²) in [5, 5.41) is -0.203. The first-order valence-corrected chi connectivity index (χ1v) is 9.35. The van der Waals surface area contributed by atoms with E-state index in [0.717, 1.165) is 38.8 Å². The minimum atomic E-state index is -3.22. The molecule has 4 fully saturated rings. The number of amides is 1. The molecule has 20 heavy (non-hydrogen) atoms. The van der Waals surface area contributed by atoms with Gasteiger partial charge in [-0.25, -0.2) is 8.42 Å². The van der Waals surface area contributed by atoms with E-state index in [1.807, 2.05) is 4.90 Å². The molecule has 112 valence electrons. The minimum Gasteiger partial charge on any atom is -0.341 e. The van der Waals surface area contributed by atoms with Crippen molar-refractivity contribution in [3.63, 3.8) is 0 Å². The van der Waals surface area contributed by atoms with Gasteiger partial charge in [-0.2, -0.15) is 4.31 Å². The topological polar surface area (TPSA) is 57.7 Å². The molecule has 2 aliphatic carbocycles. The molecule has 0 unspecified atom stereocenters. The highest BCUT2D eigenvalue weighted by molar-refractivity contribution is 7.90. The molecular formula is C14H22N2O3S. The molecule has 0 aromatic rings. The summed E-state index contributed by atoms with van der Waals surface area (Å²) >= 11 is 0. The van der Waals surface area contributed by atoms with Crippen molar-refractivity contribution in [3.05, 3.63) is 0 Å². The number of hydrogen-bond donors (Lipinski definition) is 0. The van der Waals surface area contributed by atoms with Gasteiger partial charge in [0.05, 0.1) is 5.25 Å². The number of hydrogen-bond acceptors (Lipinski definition) is 3. The van der Waals surface area contributed by atoms with E-state index in [9.17, 15) is 13.2 Å². The third kappa shape index (κ3) is 2.17. The van der Waals surface area contributed by atoms with Crippen LogP contribution >= 0.6 is 0 Å². The summed E-state index contributed by atoms with van der Waals surface area (Å²) < 4.78 is 26.5. The zero-order chi connectivity index (χ0) is 13.9. The number of nitrogens with zero attached hydrogens (tertiary/aromatic N) is 2. The van der Waals surface area contributed by atoms with E-state index in [1.165, 1.54) is 12.8 Å². The van der Waals surface area contributed by atoms with Crippen LogP contribution in [0.3, 0.4) is 0 Å². The van der Waals surface area contributed by atoms with Crippen LogP contribution in [-0.4, -0.2) is 54.5 Å². The predicted octanol–water partition coefficient (Wildman–Crippen LogP) is 0.811. The van der Waals surface area contributed by atoms with Crippen LogP contribution in [0.2, 0.25) is 0 Å². The van der Waals surface area contributed by atoms with Crippen LogP contribution in [0.4, 0.5) is 0 Å². The van der Waals surface area contributed by atoms with E-state index in [-0.39, 0.29) is 11.2 Å². The fourth-order valence-corrected chi connectivity index (χ4v) is 5.66. The summed E-state index contributed by atoms with van der Waals surface area (Å²) in [7, 11) is -3.22. The average molecular weight is 298 g/mol. The Labute approximate surface area is 120 Å². The lowest BCUT2D eigenvalue weighted by Gasteiger charge is -2.45. The van der Waals surface area contributed by atoms with Gasteiger partial charge in [0.2, 0.25) is 15.9 Å². The average Bonchev–Trinajstić information content (AvgIpc) is 3.26. The molecule has 2 saturated carbocycles. The molecule has 5 nitrogen and oxygen atoms in total. The van der Waals surface area contributed by atoms with Crippen molar-refractivity contribution in [3.8, 4) is 0 Å². The number of likely N-dealkylation sites (tertiary alicyclic amines) is 1. The van der Waals surface area contributed by atoms with E-state index in [4.69, 9.17) is 0 Å². The lowest BCUT2D eigenvalue weighted by Crippen LogP contribution is -2.60. The van der Waals surface area contributed by atoms with Crippen molar-refractivity contribution in [2.75, 3.05) is 19.6 Å². The SMILES string of the molecule is O=C1[C@H]2C[C@H](CCN2S(=O)(=O)C2CC2)CN1CC1CC1. The fourth-order valence-electron chi connectivity index (χ4n) is 3.66. The molecule has 0 spiro atoms. The lowest BCUT2D eigenvalue weighted by molar-refractivity contribution is -0.142. The standard InChI is InChI=1S/C14H22N2O3S/c17-14-13-7-11(9-15(14)8-10-1-2-10)5-6-16(13)20(18,19)12-3-4-12/h10-13H,1-9H2/t11-,13+/m0/s1. The van der Waals surface area contributed by atoms with Crippen LogP contribution < -0.4 is 0 Å². The molecule has 1 amide bonds. The van der Waals surface area contributed by atoms with Crippen molar-refractivity contribution in [1.82, 2.24) is 9.21 Å². The monoisotopic (exact) mass is 298 g/mol. The molecule has 0 radical (unpaired) electrons. The first kappa shape index (κ1) is 13.1. The first-order chi connectivity index (χ1) is 9.55. The van der Waals surface area contributed by atoms with Gasteiger partial charge in [0.25, 0.3) is 0 Å². The highest BCUT2D eigenvalue weighted by atomic mass is 32.2. The van der Waals surface area contributed by atoms with Gasteiger partial charge in [-0.15, -0.1) is 0 Å². The quantitative estimate of drug-likeness (QED) is 0.772. The Morgan fingerprint density at radius 1 is 1.10 bits per heavy atom. The second-order valence-corrected chi connectivity index (χ2v) is 9.11. The summed E-state index contributed by atoms with van der Waals surface area (Å²) in [6, 6.07) is -0.396. The Kier molecular flexibility index (Phi) is 2.90. The van der Waals surface area contributed by atoms with Crippen molar-refractivity contribution in [1.29, 1.82) is 0 Å². The van der Waals surface area contributed by atoms with E-state index in [2.05, 4.69) is 0 Å². The largest absolute Gasteiger partial charge is 0.341 e. The number of sulfonamides is 1. The Morgan fingerprint density at radius 3 is 2.50 bits per heavy atom. The Bertz CT molecular complexity index is 525. The van der Waals surface area contributed by atoms with Gasteiger partial charge < -0.3 is 4.90 Å². The van der Waals surface area contributed by atoms with Gasteiger partial charge in [-0.3, -0.25) is 4.79 Å². The van der Waals surface area contributed by atoms with Gasteiger partial charge in [0.15, 0.2) is 0 Å². The van der Waals surface area contributed by atoms with Crippen LogP contribution in [0.15, 0.2) is 0 Å². The van der Waals surface area contributed by atoms with Gasteiger partial charge in [0, 0.05) is 19.6 Å². The molecule has 4 aliphatic rings. The van der Waals surface area contributed by atoms with Crippen LogP contribution in [0, 0.1) is 11.8 Å². The normalized spacial score (nSPS) is 35.4. The van der Waals surface area contributed by atoms with Crippen LogP contribution in [0.1, 0.15) is 38.5 Å². The maximum Gasteiger partial charge on any atom is 0.241 e. The van der Waals surface area contributed by atoms with E-state index < -0.39 is 16.1 Å². The first-order valence-electron chi connectivity index (χ1n) is 7.85. The number of fused-ring (bicyclic) bond motifs is 2. The maximum atomic E-state index is 12.6. The molecule has 0 aromatic carbocycles. The molecule has 0 aromatic heterocycles. The third-order valence-electron chi connectivity index (χ3n) is 5.19. The number of piperidine rings is 2. The molecule has 4 rings (SSSR count). The molecule has 2 atom stereocenters. The molecule has 2 heterocycles. The highest BCUT2D eigenvalue weighted by Gasteiger charge is 2.50. The second kappa shape index (κ2) is 4.44. The summed E-state index contributed by atoms with van der Waals surface area (Å²) in [6.07, 6.45) is 5.65. The molecule has 6 heteroatoms. The van der Waals surface area contributed by atoms with Crippen molar-refractivity contribution < 1.29 is 13.2 Å². The zero-order valence-corrected chi connectivity index (χ0v) is 12.5. The Balaban J connectivity index is 1.56. The fraction of sp³-hybridized carbons (Fsp3) is 0.929. The molecular weight excluding hydrogens is 276 g/mol. The van der Waals surface area contributed by atoms with E-state index in [1.54, 1.807) is 4.31 Å². The van der Waals surface area contributed by atoms with Crippen molar-refractivity contribution in [2.24, 2.45) is 11.8 Å². The number of carbonyl (C=O) groups is 1. The van der Waals surface area contributed by atoms with Gasteiger partial charge in [-0.05, 0) is 50.4 Å². The van der Waals surface area contributed by atoms with Gasteiger partial charge in [-0.1, -0.05) is 0 Å². The van der Waals surface area contributed by atoms with Crippen LogP contribution in [-0.2, 0) is 14.8 Å². The smallest absolute Gasteiger partial charge is 0.241 e. The van der Waals surface area contributed by atoms with E-state index in [0.29, 0.717) is 18.4 Å². The van der Waals surface area contributed by atoms with Crippen LogP contribution in [0.25, 0.3) is 0 Å². The van der Waals surface area contributed by atoms with Gasteiger partial charge in [0.1, 0.15) is 6.04 Å². The summed E-state index contributed by atoms with van der Waals surface area (Å²) in [4.78, 5) is 14.6. The van der Waals surface area contributed by atoms with Crippen LogP contribution in [0.5, 0.6) is 0 Å². The van der Waals surface area contributed by atoms with E-state index >= 15 is 0 Å². The summed E-state index contributed by atoms with van der Waals surface area (Å²) in [5.74, 6) is 1.24. The number of carbonyl (C=O) groups excluding carboxylic acids is 1. The molecule has 0 N–H and O–H groups in total. The maximum absolute atomic E-state index is 12.6. The summed E-state index contributed by atoms with van der Waals surface area (Å²) in [5.41, 5.74) is 0. The third-order valence-corrected chi connectivity index (χ3v) is 7.59. The number of rotatable bonds is 4. The predicted molar refractivity (Wildman–Crippen MR) is 74.5 cm³/mol. The summed E-state index contributed by atoms with van der Waals surface area (Å²) in [6.45, 7) is 2.25. The zero-order valence-electron chi connectivity index (χ0n) is 11.7. The van der Waals surface area contributed by atoms with Crippen molar-refractivity contribution in [2.45, 2.75) is 49.8 Å². The lowest BCUT2D eigenvalue weighted by atomic mass is 9.87. The second-order valence-electron chi connectivity index (χ2n) is 6.95. The Morgan fingerprint density at radius 2 is 1.85 bits per heavy atom. The molecule has 2 aliphatic heterocycles. The molecule has 2 bridgehead atoms. The van der Waals surface area contributed by atoms with Gasteiger partial charge >= 0.3 is 0 Å². The minimum absolute atomic E-state index is 0.0667. The highest BCUT2D eigenvalue weighted by Crippen LogP contribution is 2.39. The molecule has 2 saturated heterocycles.